The Balaban J connectivity index is 2.32. The highest BCUT2D eigenvalue weighted by Gasteiger charge is 2.23. The fraction of sp³-hybridized carbons (Fsp3) is 0.231. The van der Waals surface area contributed by atoms with Crippen LogP contribution in [0.25, 0.3) is 0 Å². The molecule has 0 bridgehead atoms. The van der Waals surface area contributed by atoms with Crippen molar-refractivity contribution in [2.24, 2.45) is 0 Å². The van der Waals surface area contributed by atoms with Gasteiger partial charge in [0, 0.05) is 31.5 Å². The quantitative estimate of drug-likeness (QED) is 0.421. The molecular formula is C13H14N6O5. The van der Waals surface area contributed by atoms with Gasteiger partial charge in [0.2, 0.25) is 11.6 Å². The molecule has 0 aliphatic rings. The first-order valence-corrected chi connectivity index (χ1v) is 6.76. The van der Waals surface area contributed by atoms with Gasteiger partial charge in [-0.15, -0.1) is 0 Å². The van der Waals surface area contributed by atoms with E-state index in [1.807, 2.05) is 0 Å². The molecule has 126 valence electrons. The Hall–Kier alpha value is -3.34. The number of non-ortho nitro benzene ring substituents is 1. The second-order valence-corrected chi connectivity index (χ2v) is 4.53. The molecule has 2 rings (SSSR count). The van der Waals surface area contributed by atoms with Crippen molar-refractivity contribution in [3.63, 3.8) is 0 Å². The molecule has 0 amide bonds. The Morgan fingerprint density at radius 2 is 1.92 bits per heavy atom. The topological polar surface area (TPSA) is 145 Å². The zero-order chi connectivity index (χ0) is 17.5. The lowest BCUT2D eigenvalue weighted by Crippen LogP contribution is -2.12. The summed E-state index contributed by atoms with van der Waals surface area (Å²) in [5.41, 5.74) is -0.205. The number of anilines is 3. The first kappa shape index (κ1) is 17.0. The van der Waals surface area contributed by atoms with Gasteiger partial charge < -0.3 is 15.4 Å². The van der Waals surface area contributed by atoms with Crippen LogP contribution in [0.4, 0.5) is 28.7 Å². The van der Waals surface area contributed by atoms with Crippen LogP contribution in [-0.2, 0) is 4.74 Å². The lowest BCUT2D eigenvalue weighted by Gasteiger charge is -2.09. The number of nitrogens with one attached hydrogen (secondary N) is 2. The van der Waals surface area contributed by atoms with E-state index in [1.165, 1.54) is 31.4 Å². The van der Waals surface area contributed by atoms with Gasteiger partial charge in [0.25, 0.3) is 5.69 Å². The summed E-state index contributed by atoms with van der Waals surface area (Å²) in [6.07, 6.45) is 1.15. The normalized spacial score (nSPS) is 10.2. The van der Waals surface area contributed by atoms with Gasteiger partial charge in [-0.3, -0.25) is 20.2 Å². The van der Waals surface area contributed by atoms with Gasteiger partial charge in [0.05, 0.1) is 16.5 Å². The lowest BCUT2D eigenvalue weighted by atomic mass is 10.2. The molecule has 0 unspecified atom stereocenters. The van der Waals surface area contributed by atoms with Crippen LogP contribution in [0.5, 0.6) is 0 Å². The largest absolute Gasteiger partial charge is 0.383 e. The van der Waals surface area contributed by atoms with Crippen molar-refractivity contribution in [3.8, 4) is 0 Å². The summed E-state index contributed by atoms with van der Waals surface area (Å²) >= 11 is 0. The van der Waals surface area contributed by atoms with Crippen molar-refractivity contribution in [2.45, 2.75) is 0 Å². The third-order valence-corrected chi connectivity index (χ3v) is 2.92. The van der Waals surface area contributed by atoms with Crippen LogP contribution < -0.4 is 10.6 Å². The molecule has 0 atom stereocenters. The molecule has 11 heteroatoms. The first-order valence-electron chi connectivity index (χ1n) is 6.76. The average molecular weight is 334 g/mol. The number of nitro groups is 2. The number of methoxy groups -OCH3 is 1. The minimum atomic E-state index is -0.630. The number of nitro benzene ring substituents is 1. The van der Waals surface area contributed by atoms with Crippen LogP contribution in [0.1, 0.15) is 0 Å². The highest BCUT2D eigenvalue weighted by molar-refractivity contribution is 5.74. The standard InChI is InChI=1S/C13H14N6O5/c1-24-6-5-14-12-11(19(22)23)13(16-8-15-12)17-9-3-2-4-10(7-9)18(20)21/h2-4,7-8H,5-6H2,1H3,(H2,14,15,16,17). The van der Waals surface area contributed by atoms with Gasteiger partial charge in [0.15, 0.2) is 0 Å². The average Bonchev–Trinajstić information content (AvgIpc) is 2.55. The summed E-state index contributed by atoms with van der Waals surface area (Å²) in [5.74, 6) is -0.0459. The van der Waals surface area contributed by atoms with Crippen molar-refractivity contribution in [1.29, 1.82) is 0 Å². The number of aromatic nitrogens is 2. The molecule has 1 heterocycles. The van der Waals surface area contributed by atoms with Crippen LogP contribution in [-0.4, -0.2) is 40.1 Å². The predicted molar refractivity (Wildman–Crippen MR) is 85.4 cm³/mol. The van der Waals surface area contributed by atoms with Crippen LogP contribution >= 0.6 is 0 Å². The molecule has 1 aromatic carbocycles. The summed E-state index contributed by atoms with van der Waals surface area (Å²) in [6.45, 7) is 0.666. The van der Waals surface area contributed by atoms with Crippen LogP contribution in [0.15, 0.2) is 30.6 Å². The Morgan fingerprint density at radius 1 is 1.17 bits per heavy atom. The van der Waals surface area contributed by atoms with Crippen LogP contribution in [0.2, 0.25) is 0 Å². The van der Waals surface area contributed by atoms with Gasteiger partial charge in [-0.2, -0.15) is 0 Å². The molecule has 0 aliphatic carbocycles. The second kappa shape index (κ2) is 7.78. The van der Waals surface area contributed by atoms with E-state index in [-0.39, 0.29) is 23.0 Å². The molecule has 11 nitrogen and oxygen atoms in total. The first-order chi connectivity index (χ1) is 11.5. The number of nitrogens with zero attached hydrogens (tertiary/aromatic N) is 4. The summed E-state index contributed by atoms with van der Waals surface area (Å²) < 4.78 is 4.87. The van der Waals surface area contributed by atoms with Gasteiger partial charge in [0.1, 0.15) is 6.33 Å². The van der Waals surface area contributed by atoms with E-state index in [0.717, 1.165) is 6.33 Å². The van der Waals surface area contributed by atoms with E-state index in [4.69, 9.17) is 4.74 Å². The molecule has 2 N–H and O–H groups in total. The molecule has 24 heavy (non-hydrogen) atoms. The fourth-order valence-electron chi connectivity index (χ4n) is 1.88. The zero-order valence-corrected chi connectivity index (χ0v) is 12.6. The van der Waals surface area contributed by atoms with Crippen molar-refractivity contribution >= 4 is 28.7 Å². The van der Waals surface area contributed by atoms with Gasteiger partial charge in [-0.05, 0) is 6.07 Å². The molecule has 0 fully saturated rings. The maximum atomic E-state index is 11.3. The van der Waals surface area contributed by atoms with Gasteiger partial charge >= 0.3 is 5.69 Å². The van der Waals surface area contributed by atoms with E-state index in [1.54, 1.807) is 0 Å². The molecule has 2 aromatic rings. The molecule has 0 aliphatic heterocycles. The van der Waals surface area contributed by atoms with Crippen LogP contribution in [0, 0.1) is 20.2 Å². The van der Waals surface area contributed by atoms with Crippen molar-refractivity contribution in [3.05, 3.63) is 50.8 Å². The fourth-order valence-corrected chi connectivity index (χ4v) is 1.88. The Bertz CT molecular complexity index is 753. The SMILES string of the molecule is COCCNc1ncnc(Nc2cccc([N+](=O)[O-])c2)c1[N+](=O)[O-]. The van der Waals surface area contributed by atoms with Gasteiger partial charge in [-0.1, -0.05) is 6.07 Å². The number of rotatable bonds is 8. The molecule has 0 radical (unpaired) electrons. The molecule has 1 aromatic heterocycles. The van der Waals surface area contributed by atoms with Crippen LogP contribution in [0.3, 0.4) is 0 Å². The van der Waals surface area contributed by atoms with E-state index < -0.39 is 9.85 Å². The smallest absolute Gasteiger partial charge is 0.353 e. The lowest BCUT2D eigenvalue weighted by molar-refractivity contribution is -0.384. The number of ether oxygens (including phenoxy) is 1. The van der Waals surface area contributed by atoms with Crippen molar-refractivity contribution in [1.82, 2.24) is 9.97 Å². The monoisotopic (exact) mass is 334 g/mol. The number of hydrogen-bond acceptors (Lipinski definition) is 9. The maximum Gasteiger partial charge on any atom is 0.353 e. The molecule has 0 spiro atoms. The molecular weight excluding hydrogens is 320 g/mol. The highest BCUT2D eigenvalue weighted by Crippen LogP contribution is 2.31. The summed E-state index contributed by atoms with van der Waals surface area (Å²) in [6, 6.07) is 5.57. The van der Waals surface area contributed by atoms with E-state index in [0.29, 0.717) is 18.8 Å². The number of hydrogen-bond donors (Lipinski definition) is 2. The van der Waals surface area contributed by atoms with E-state index in [9.17, 15) is 20.2 Å². The third-order valence-electron chi connectivity index (χ3n) is 2.92. The van der Waals surface area contributed by atoms with Crippen molar-refractivity contribution < 1.29 is 14.6 Å². The predicted octanol–water partition coefficient (Wildman–Crippen LogP) is 2.09. The summed E-state index contributed by atoms with van der Waals surface area (Å²) in [4.78, 5) is 28.7. The molecule has 0 saturated carbocycles. The molecule has 0 saturated heterocycles. The minimum Gasteiger partial charge on any atom is -0.383 e. The van der Waals surface area contributed by atoms with Crippen molar-refractivity contribution in [2.75, 3.05) is 30.9 Å². The Morgan fingerprint density at radius 3 is 2.58 bits per heavy atom. The van der Waals surface area contributed by atoms with Gasteiger partial charge in [-0.25, -0.2) is 9.97 Å². The van der Waals surface area contributed by atoms with E-state index >= 15 is 0 Å². The van der Waals surface area contributed by atoms with E-state index in [2.05, 4.69) is 20.6 Å². The Kier molecular flexibility index (Phi) is 5.52. The summed E-state index contributed by atoms with van der Waals surface area (Å²) in [7, 11) is 1.51. The minimum absolute atomic E-state index is 0.0278. The zero-order valence-electron chi connectivity index (χ0n) is 12.6. The highest BCUT2D eigenvalue weighted by atomic mass is 16.6. The second-order valence-electron chi connectivity index (χ2n) is 4.53. The summed E-state index contributed by atoms with van der Waals surface area (Å²) in [5, 5.41) is 27.6. The maximum absolute atomic E-state index is 11.3. The number of benzene rings is 1. The third kappa shape index (κ3) is 4.10. The Labute approximate surface area is 136 Å².